The lowest BCUT2D eigenvalue weighted by Gasteiger charge is -2.09. The van der Waals surface area contributed by atoms with E-state index in [1.165, 1.54) is 0 Å². The van der Waals surface area contributed by atoms with Crippen LogP contribution in [0, 0.1) is 11.3 Å². The third kappa shape index (κ3) is 3.07. The van der Waals surface area contributed by atoms with Crippen LogP contribution < -0.4 is 10.9 Å². The molecule has 2 rings (SSSR count). The highest BCUT2D eigenvalue weighted by Gasteiger charge is 1.99. The van der Waals surface area contributed by atoms with Crippen LogP contribution in [-0.2, 0) is 6.54 Å². The van der Waals surface area contributed by atoms with E-state index in [4.69, 9.17) is 5.26 Å². The monoisotopic (exact) mass is 223 g/mol. The molecule has 0 radical (unpaired) electrons. The minimum absolute atomic E-state index is 0.610. The Kier molecular flexibility index (Phi) is 3.74. The van der Waals surface area contributed by atoms with Gasteiger partial charge in [0.05, 0.1) is 11.6 Å². The van der Waals surface area contributed by atoms with Gasteiger partial charge >= 0.3 is 0 Å². The zero-order chi connectivity index (χ0) is 11.9. The number of nitrogens with zero attached hydrogens (tertiary/aromatic N) is 1. The highest BCUT2D eigenvalue weighted by molar-refractivity contribution is 5.42. The van der Waals surface area contributed by atoms with Gasteiger partial charge in [0.2, 0.25) is 0 Å². The number of nitrogens with one attached hydrogen (secondary N) is 2. The van der Waals surface area contributed by atoms with Crippen molar-refractivity contribution < 1.29 is 0 Å². The lowest BCUT2D eigenvalue weighted by molar-refractivity contribution is 0.799. The zero-order valence-corrected chi connectivity index (χ0v) is 9.35. The van der Waals surface area contributed by atoms with Gasteiger partial charge in [-0.25, -0.2) is 5.43 Å². The highest BCUT2D eigenvalue weighted by Crippen LogP contribution is 2.07. The summed E-state index contributed by atoms with van der Waals surface area (Å²) in [5.41, 5.74) is 8.87. The first-order valence-electron chi connectivity index (χ1n) is 5.42. The van der Waals surface area contributed by atoms with Crippen molar-refractivity contribution in [1.29, 1.82) is 5.26 Å². The normalized spacial score (nSPS) is 9.59. The number of hydrogen-bond acceptors (Lipinski definition) is 3. The fraction of sp³-hybridized carbons (Fsp3) is 0.0714. The second kappa shape index (κ2) is 5.69. The van der Waals surface area contributed by atoms with Crippen LogP contribution >= 0.6 is 0 Å². The van der Waals surface area contributed by atoms with Crippen molar-refractivity contribution in [2.24, 2.45) is 0 Å². The van der Waals surface area contributed by atoms with Crippen molar-refractivity contribution in [2.75, 3.05) is 5.43 Å². The average Bonchev–Trinajstić information content (AvgIpc) is 2.40. The Morgan fingerprint density at radius 1 is 0.941 bits per heavy atom. The van der Waals surface area contributed by atoms with Crippen molar-refractivity contribution in [2.45, 2.75) is 6.54 Å². The molecule has 0 spiro atoms. The molecule has 3 heteroatoms. The molecule has 0 heterocycles. The zero-order valence-electron chi connectivity index (χ0n) is 9.35. The minimum Gasteiger partial charge on any atom is -0.321 e. The maximum Gasteiger partial charge on any atom is 0.0995 e. The number of hydrazine groups is 1. The molecule has 0 fully saturated rings. The Balaban J connectivity index is 1.93. The molecule has 84 valence electrons. The molecule has 2 aromatic carbocycles. The molecule has 0 unspecified atom stereocenters. The van der Waals surface area contributed by atoms with Crippen molar-refractivity contribution in [3.8, 4) is 6.07 Å². The summed E-state index contributed by atoms with van der Waals surface area (Å²) >= 11 is 0. The van der Waals surface area contributed by atoms with Gasteiger partial charge in [0, 0.05) is 12.2 Å². The summed E-state index contributed by atoms with van der Waals surface area (Å²) in [5, 5.41) is 8.94. The lowest BCUT2D eigenvalue weighted by atomic mass is 10.1. The molecule has 0 aliphatic rings. The van der Waals surface area contributed by atoms with E-state index >= 15 is 0 Å². The van der Waals surface area contributed by atoms with Crippen molar-refractivity contribution in [3.63, 3.8) is 0 Å². The first-order chi connectivity index (χ1) is 8.40. The van der Waals surface area contributed by atoms with E-state index < -0.39 is 0 Å². The van der Waals surface area contributed by atoms with Crippen LogP contribution in [0.5, 0.6) is 0 Å². The van der Waals surface area contributed by atoms with Gasteiger partial charge in [0.1, 0.15) is 0 Å². The number of benzene rings is 2. The summed E-state index contributed by atoms with van der Waals surface area (Å²) in [6.45, 7) is 0.610. The van der Waals surface area contributed by atoms with Gasteiger partial charge in [-0.05, 0) is 23.8 Å². The van der Waals surface area contributed by atoms with Crippen LogP contribution in [0.2, 0.25) is 0 Å². The van der Waals surface area contributed by atoms with Gasteiger partial charge in [-0.2, -0.15) is 5.26 Å². The van der Waals surface area contributed by atoms with Gasteiger partial charge in [0.25, 0.3) is 0 Å². The predicted octanol–water partition coefficient (Wildman–Crippen LogP) is 2.67. The van der Waals surface area contributed by atoms with Gasteiger partial charge < -0.3 is 5.43 Å². The van der Waals surface area contributed by atoms with Crippen LogP contribution in [0.15, 0.2) is 54.6 Å². The Morgan fingerprint density at radius 2 is 1.65 bits per heavy atom. The Morgan fingerprint density at radius 3 is 2.41 bits per heavy atom. The summed E-state index contributed by atoms with van der Waals surface area (Å²) in [7, 11) is 0. The largest absolute Gasteiger partial charge is 0.321 e. The molecule has 17 heavy (non-hydrogen) atoms. The number of nitriles is 1. The third-order valence-electron chi connectivity index (χ3n) is 2.42. The molecule has 0 aliphatic carbocycles. The SMILES string of the molecule is N#Cc1ccccc1CNNc1ccccc1. The summed E-state index contributed by atoms with van der Waals surface area (Å²) in [5.74, 6) is 0. The fourth-order valence-corrected chi connectivity index (χ4v) is 1.55. The van der Waals surface area contributed by atoms with Crippen LogP contribution in [0.1, 0.15) is 11.1 Å². The molecule has 2 N–H and O–H groups in total. The minimum atomic E-state index is 0.610. The number of rotatable bonds is 4. The molecular weight excluding hydrogens is 210 g/mol. The van der Waals surface area contributed by atoms with Crippen LogP contribution in [0.4, 0.5) is 5.69 Å². The van der Waals surface area contributed by atoms with Crippen LogP contribution in [0.25, 0.3) is 0 Å². The van der Waals surface area contributed by atoms with E-state index in [-0.39, 0.29) is 0 Å². The van der Waals surface area contributed by atoms with Crippen molar-refractivity contribution >= 4 is 5.69 Å². The highest BCUT2D eigenvalue weighted by atomic mass is 15.3. The summed E-state index contributed by atoms with van der Waals surface area (Å²) in [6.07, 6.45) is 0. The van der Waals surface area contributed by atoms with Crippen molar-refractivity contribution in [1.82, 2.24) is 5.43 Å². The molecule has 2 aromatic rings. The van der Waals surface area contributed by atoms with Gasteiger partial charge in [0.15, 0.2) is 0 Å². The van der Waals surface area contributed by atoms with Gasteiger partial charge in [-0.15, -0.1) is 0 Å². The molecular formula is C14H13N3. The third-order valence-corrected chi connectivity index (χ3v) is 2.42. The molecule has 0 aromatic heterocycles. The van der Waals surface area contributed by atoms with E-state index in [1.807, 2.05) is 54.6 Å². The molecule has 0 aliphatic heterocycles. The van der Waals surface area contributed by atoms with E-state index in [2.05, 4.69) is 16.9 Å². The maximum absolute atomic E-state index is 8.94. The first kappa shape index (κ1) is 11.2. The Hall–Kier alpha value is -2.31. The van der Waals surface area contributed by atoms with Crippen LogP contribution in [0.3, 0.4) is 0 Å². The van der Waals surface area contributed by atoms with Gasteiger partial charge in [-0.1, -0.05) is 36.4 Å². The second-order valence-corrected chi connectivity index (χ2v) is 3.61. The fourth-order valence-electron chi connectivity index (χ4n) is 1.55. The van der Waals surface area contributed by atoms with E-state index in [0.717, 1.165) is 11.3 Å². The van der Waals surface area contributed by atoms with Crippen molar-refractivity contribution in [3.05, 3.63) is 65.7 Å². The number of anilines is 1. The quantitative estimate of drug-likeness (QED) is 0.783. The van der Waals surface area contributed by atoms with E-state index in [0.29, 0.717) is 12.1 Å². The molecule has 0 amide bonds. The van der Waals surface area contributed by atoms with Gasteiger partial charge in [-0.3, -0.25) is 0 Å². The first-order valence-corrected chi connectivity index (χ1v) is 5.42. The smallest absolute Gasteiger partial charge is 0.0995 e. The predicted molar refractivity (Wildman–Crippen MR) is 68.1 cm³/mol. The molecule has 3 nitrogen and oxygen atoms in total. The molecule has 0 saturated carbocycles. The second-order valence-electron chi connectivity index (χ2n) is 3.61. The van der Waals surface area contributed by atoms with E-state index in [1.54, 1.807) is 0 Å². The Bertz CT molecular complexity index is 514. The summed E-state index contributed by atoms with van der Waals surface area (Å²) < 4.78 is 0. The Labute approximate surface area is 101 Å². The molecule has 0 saturated heterocycles. The topological polar surface area (TPSA) is 47.9 Å². The number of hydrogen-bond donors (Lipinski definition) is 2. The standard InChI is InChI=1S/C14H13N3/c15-10-12-6-4-5-7-13(12)11-16-17-14-8-2-1-3-9-14/h1-9,16-17H,11H2. The summed E-state index contributed by atoms with van der Waals surface area (Å²) in [6, 6.07) is 19.6. The summed E-state index contributed by atoms with van der Waals surface area (Å²) in [4.78, 5) is 0. The maximum atomic E-state index is 8.94. The average molecular weight is 223 g/mol. The van der Waals surface area contributed by atoms with E-state index in [9.17, 15) is 0 Å². The number of para-hydroxylation sites is 1. The molecule has 0 atom stereocenters. The lowest BCUT2D eigenvalue weighted by Crippen LogP contribution is -2.21. The van der Waals surface area contributed by atoms with Crippen LogP contribution in [-0.4, -0.2) is 0 Å². The molecule has 0 bridgehead atoms.